The maximum absolute atomic E-state index is 13.5. The van der Waals surface area contributed by atoms with Crippen LogP contribution in [0.2, 0.25) is 5.15 Å². The van der Waals surface area contributed by atoms with E-state index in [4.69, 9.17) is 21.1 Å². The number of hydrogen-bond acceptors (Lipinski definition) is 8. The van der Waals surface area contributed by atoms with Crippen molar-refractivity contribution >= 4 is 29.2 Å². The summed E-state index contributed by atoms with van der Waals surface area (Å²) in [6.07, 6.45) is 5.32. The van der Waals surface area contributed by atoms with E-state index in [0.29, 0.717) is 62.5 Å². The van der Waals surface area contributed by atoms with Gasteiger partial charge >= 0.3 is 0 Å². The van der Waals surface area contributed by atoms with Crippen LogP contribution in [0.25, 0.3) is 5.95 Å². The van der Waals surface area contributed by atoms with E-state index in [0.717, 1.165) is 5.56 Å². The summed E-state index contributed by atoms with van der Waals surface area (Å²) in [5.74, 6) is 2.21. The van der Waals surface area contributed by atoms with E-state index < -0.39 is 6.04 Å². The third-order valence-corrected chi connectivity index (χ3v) is 6.58. The molecule has 4 heterocycles. The van der Waals surface area contributed by atoms with Gasteiger partial charge in [-0.05, 0) is 23.6 Å². The first-order valence-corrected chi connectivity index (χ1v) is 13.0. The van der Waals surface area contributed by atoms with Gasteiger partial charge in [-0.3, -0.25) is 14.2 Å². The van der Waals surface area contributed by atoms with E-state index in [-0.39, 0.29) is 29.4 Å². The van der Waals surface area contributed by atoms with Crippen molar-refractivity contribution in [1.82, 2.24) is 29.7 Å². The molecule has 2 aliphatic heterocycles. The van der Waals surface area contributed by atoms with Gasteiger partial charge in [0, 0.05) is 51.1 Å². The number of piperazine rings is 1. The second-order valence-corrected chi connectivity index (χ2v) is 10.0. The van der Waals surface area contributed by atoms with Crippen LogP contribution < -0.4 is 19.7 Å². The molecular weight excluding hydrogens is 510 g/mol. The van der Waals surface area contributed by atoms with Crippen molar-refractivity contribution in [2.45, 2.75) is 32.9 Å². The molecule has 1 fully saturated rings. The lowest BCUT2D eigenvalue weighted by Gasteiger charge is -2.41. The Hall–Kier alpha value is -3.86. The summed E-state index contributed by atoms with van der Waals surface area (Å²) < 4.78 is 12.9. The number of aromatic nitrogens is 4. The minimum absolute atomic E-state index is 0.0426. The first-order valence-electron chi connectivity index (χ1n) is 12.6. The van der Waals surface area contributed by atoms with Gasteiger partial charge in [0.25, 0.3) is 0 Å². The number of hydrogen-bond donors (Lipinski definition) is 1. The summed E-state index contributed by atoms with van der Waals surface area (Å²) >= 11 is 6.32. The van der Waals surface area contributed by atoms with Crippen LogP contribution in [-0.4, -0.2) is 75.1 Å². The number of fused-ring (bicyclic) bond motifs is 1. The van der Waals surface area contributed by atoms with Gasteiger partial charge < -0.3 is 24.6 Å². The quantitative estimate of drug-likeness (QED) is 0.455. The zero-order valence-corrected chi connectivity index (χ0v) is 22.1. The molecule has 1 N–H and O–H groups in total. The topological polar surface area (TPSA) is 115 Å². The van der Waals surface area contributed by atoms with E-state index in [1.807, 2.05) is 36.9 Å². The lowest BCUT2D eigenvalue weighted by molar-refractivity contribution is -0.141. The average molecular weight is 540 g/mol. The fourth-order valence-electron chi connectivity index (χ4n) is 4.53. The van der Waals surface area contributed by atoms with Crippen molar-refractivity contribution < 1.29 is 19.1 Å². The number of carbonyl (C=O) groups excluding carboxylic acids is 2. The summed E-state index contributed by atoms with van der Waals surface area (Å²) in [7, 11) is 0. The van der Waals surface area contributed by atoms with Gasteiger partial charge in [-0.15, -0.1) is 0 Å². The molecule has 3 aromatic rings. The second kappa shape index (κ2) is 11.3. The van der Waals surface area contributed by atoms with Gasteiger partial charge in [-0.1, -0.05) is 31.5 Å². The monoisotopic (exact) mass is 539 g/mol. The SMILES string of the molecule is CC(C)CC(=O)N1CCN(c2cc(Cl)nc(-n3ccnc3)n2)CC1C(=O)NCc1ccc2c(c1)OCCO2. The number of benzene rings is 1. The number of halogens is 1. The summed E-state index contributed by atoms with van der Waals surface area (Å²) in [4.78, 5) is 43.2. The van der Waals surface area contributed by atoms with Crippen molar-refractivity contribution in [3.05, 3.63) is 53.7 Å². The molecule has 1 unspecified atom stereocenters. The molecule has 12 heteroatoms. The first-order chi connectivity index (χ1) is 18.4. The zero-order chi connectivity index (χ0) is 26.6. The third kappa shape index (κ3) is 5.83. The van der Waals surface area contributed by atoms with Crippen LogP contribution in [0, 0.1) is 5.92 Å². The van der Waals surface area contributed by atoms with Crippen LogP contribution in [-0.2, 0) is 16.1 Å². The number of imidazole rings is 1. The molecule has 0 saturated carbocycles. The minimum Gasteiger partial charge on any atom is -0.486 e. The van der Waals surface area contributed by atoms with E-state index in [1.54, 1.807) is 34.3 Å². The van der Waals surface area contributed by atoms with E-state index >= 15 is 0 Å². The smallest absolute Gasteiger partial charge is 0.244 e. The fourth-order valence-corrected chi connectivity index (χ4v) is 4.71. The van der Waals surface area contributed by atoms with Crippen LogP contribution in [0.3, 0.4) is 0 Å². The lowest BCUT2D eigenvalue weighted by Crippen LogP contribution is -2.61. The molecule has 0 aliphatic carbocycles. The highest BCUT2D eigenvalue weighted by Crippen LogP contribution is 2.30. The summed E-state index contributed by atoms with van der Waals surface area (Å²) in [5, 5.41) is 3.28. The molecule has 5 rings (SSSR count). The van der Waals surface area contributed by atoms with E-state index in [1.165, 1.54) is 0 Å². The van der Waals surface area contributed by atoms with Crippen molar-refractivity contribution in [3.8, 4) is 17.4 Å². The molecule has 2 aliphatic rings. The molecule has 38 heavy (non-hydrogen) atoms. The van der Waals surface area contributed by atoms with Crippen molar-refractivity contribution in [1.29, 1.82) is 0 Å². The Bertz CT molecular complexity index is 1300. The fraction of sp³-hybridized carbons (Fsp3) is 0.423. The van der Waals surface area contributed by atoms with Gasteiger partial charge in [0.2, 0.25) is 17.8 Å². The molecular formula is C26H30ClN7O4. The largest absolute Gasteiger partial charge is 0.486 e. The summed E-state index contributed by atoms with van der Waals surface area (Å²) in [5.41, 5.74) is 0.878. The number of carbonyl (C=O) groups is 2. The summed E-state index contributed by atoms with van der Waals surface area (Å²) in [6, 6.07) is 6.57. The number of ether oxygens (including phenoxy) is 2. The normalized spacial score (nSPS) is 17.0. The predicted octanol–water partition coefficient (Wildman–Crippen LogP) is 2.47. The van der Waals surface area contributed by atoms with E-state index in [9.17, 15) is 9.59 Å². The van der Waals surface area contributed by atoms with Crippen molar-refractivity contribution in [2.24, 2.45) is 5.92 Å². The highest BCUT2D eigenvalue weighted by molar-refractivity contribution is 6.29. The standard InChI is InChI=1S/C26H30ClN7O4/c1-17(2)11-24(35)34-8-7-32(23-13-22(27)30-26(31-23)33-6-5-28-16-33)15-19(34)25(36)29-14-18-3-4-20-21(12-18)38-10-9-37-20/h3-6,12-13,16-17,19H,7-11,14-15H2,1-2H3,(H,29,36). The molecule has 1 atom stereocenters. The average Bonchev–Trinajstić information content (AvgIpc) is 3.46. The van der Waals surface area contributed by atoms with Crippen LogP contribution in [0.4, 0.5) is 5.82 Å². The Balaban J connectivity index is 1.34. The lowest BCUT2D eigenvalue weighted by atomic mass is 10.1. The molecule has 1 aromatic carbocycles. The van der Waals surface area contributed by atoms with Crippen LogP contribution in [0.15, 0.2) is 43.0 Å². The Kier molecular flexibility index (Phi) is 7.64. The molecule has 2 amide bonds. The Morgan fingerprint density at radius 1 is 1.13 bits per heavy atom. The maximum Gasteiger partial charge on any atom is 0.244 e. The van der Waals surface area contributed by atoms with Gasteiger partial charge in [0.1, 0.15) is 36.6 Å². The molecule has 0 bridgehead atoms. The zero-order valence-electron chi connectivity index (χ0n) is 21.3. The van der Waals surface area contributed by atoms with Crippen LogP contribution in [0.1, 0.15) is 25.8 Å². The second-order valence-electron chi connectivity index (χ2n) is 9.66. The van der Waals surface area contributed by atoms with Gasteiger partial charge in [-0.2, -0.15) is 4.98 Å². The molecule has 0 spiro atoms. The minimum atomic E-state index is -0.697. The number of nitrogens with one attached hydrogen (secondary N) is 1. The van der Waals surface area contributed by atoms with Crippen molar-refractivity contribution in [2.75, 3.05) is 37.7 Å². The highest BCUT2D eigenvalue weighted by atomic mass is 35.5. The Morgan fingerprint density at radius 2 is 1.95 bits per heavy atom. The number of amides is 2. The summed E-state index contributed by atoms with van der Waals surface area (Å²) in [6.45, 7) is 6.45. The number of rotatable bonds is 7. The maximum atomic E-state index is 13.5. The number of nitrogens with zero attached hydrogens (tertiary/aromatic N) is 6. The van der Waals surface area contributed by atoms with Gasteiger partial charge in [0.15, 0.2) is 11.5 Å². The van der Waals surface area contributed by atoms with Gasteiger partial charge in [-0.25, -0.2) is 9.97 Å². The molecule has 200 valence electrons. The number of anilines is 1. The first kappa shape index (κ1) is 25.8. The highest BCUT2D eigenvalue weighted by Gasteiger charge is 2.36. The molecule has 2 aromatic heterocycles. The third-order valence-electron chi connectivity index (χ3n) is 6.39. The van der Waals surface area contributed by atoms with Crippen LogP contribution in [0.5, 0.6) is 11.5 Å². The van der Waals surface area contributed by atoms with Crippen molar-refractivity contribution in [3.63, 3.8) is 0 Å². The van der Waals surface area contributed by atoms with Crippen LogP contribution >= 0.6 is 11.6 Å². The predicted molar refractivity (Wildman–Crippen MR) is 141 cm³/mol. The Morgan fingerprint density at radius 3 is 2.71 bits per heavy atom. The van der Waals surface area contributed by atoms with E-state index in [2.05, 4.69) is 20.3 Å². The molecule has 1 saturated heterocycles. The molecule has 11 nitrogen and oxygen atoms in total. The molecule has 0 radical (unpaired) electrons. The Labute approximate surface area is 225 Å². The van der Waals surface area contributed by atoms with Gasteiger partial charge in [0.05, 0.1) is 0 Å².